The molecule has 0 saturated heterocycles. The molecule has 0 aliphatic carbocycles. The van der Waals surface area contributed by atoms with Crippen molar-refractivity contribution in [3.63, 3.8) is 0 Å². The fourth-order valence-corrected chi connectivity index (χ4v) is 5.04. The third-order valence-electron chi connectivity index (χ3n) is 7.09. The molecule has 1 amide bonds. The number of carbonyl (C=O) groups excluding carboxylic acids is 1. The van der Waals surface area contributed by atoms with Crippen molar-refractivity contribution in [3.05, 3.63) is 48.6 Å². The molecule has 0 aliphatic rings. The molecule has 44 heavy (non-hydrogen) atoms. The molecule has 0 aromatic rings. The van der Waals surface area contributed by atoms with Crippen molar-refractivity contribution in [1.29, 1.82) is 0 Å². The number of unbranched alkanes of at least 4 members (excludes halogenated alkanes) is 11. The molecule has 0 heterocycles. The van der Waals surface area contributed by atoms with Gasteiger partial charge in [0.1, 0.15) is 13.2 Å². The molecule has 0 radical (unpaired) electrons. The Hall–Kier alpha value is -1.54. The van der Waals surface area contributed by atoms with Gasteiger partial charge >= 0.3 is 7.82 Å². The van der Waals surface area contributed by atoms with Gasteiger partial charge in [-0.25, -0.2) is 4.57 Å². The minimum absolute atomic E-state index is 0.0499. The molecule has 3 N–H and O–H groups in total. The number of amides is 1. The van der Waals surface area contributed by atoms with Gasteiger partial charge in [-0.15, -0.1) is 0 Å². The third-order valence-corrected chi connectivity index (χ3v) is 8.08. The van der Waals surface area contributed by atoms with E-state index in [0.717, 1.165) is 57.8 Å². The lowest BCUT2D eigenvalue weighted by Crippen LogP contribution is -2.45. The summed E-state index contributed by atoms with van der Waals surface area (Å²) < 4.78 is 23.3. The number of nitrogens with one attached hydrogen (secondary N) is 1. The van der Waals surface area contributed by atoms with E-state index in [0.29, 0.717) is 17.4 Å². The minimum atomic E-state index is -4.33. The van der Waals surface area contributed by atoms with Crippen LogP contribution in [-0.2, 0) is 18.4 Å². The first-order chi connectivity index (χ1) is 21.0. The van der Waals surface area contributed by atoms with E-state index in [9.17, 15) is 19.4 Å². The summed E-state index contributed by atoms with van der Waals surface area (Å²) in [7, 11) is 1.53. The summed E-state index contributed by atoms with van der Waals surface area (Å²) >= 11 is 0. The Bertz CT molecular complexity index is 866. The third kappa shape index (κ3) is 29.2. The van der Waals surface area contributed by atoms with Gasteiger partial charge in [0.25, 0.3) is 0 Å². The molecule has 0 saturated carbocycles. The lowest BCUT2D eigenvalue weighted by Gasteiger charge is -2.25. The number of nitrogens with zero attached hydrogens (tertiary/aromatic N) is 1. The van der Waals surface area contributed by atoms with Crippen LogP contribution < -0.4 is 5.32 Å². The lowest BCUT2D eigenvalue weighted by molar-refractivity contribution is -0.870. The van der Waals surface area contributed by atoms with Gasteiger partial charge in [0.15, 0.2) is 0 Å². The number of aliphatic hydroxyl groups excluding tert-OH is 1. The van der Waals surface area contributed by atoms with Crippen molar-refractivity contribution < 1.29 is 32.9 Å². The Labute approximate surface area is 269 Å². The Morgan fingerprint density at radius 3 is 1.95 bits per heavy atom. The van der Waals surface area contributed by atoms with E-state index < -0.39 is 20.0 Å². The van der Waals surface area contributed by atoms with Crippen LogP contribution in [0.2, 0.25) is 0 Å². The van der Waals surface area contributed by atoms with Gasteiger partial charge in [-0.05, 0) is 64.7 Å². The Kier molecular flexibility index (Phi) is 26.8. The van der Waals surface area contributed by atoms with Gasteiger partial charge in [-0.1, -0.05) is 94.1 Å². The van der Waals surface area contributed by atoms with Crippen molar-refractivity contribution in [2.24, 2.45) is 0 Å². The molecule has 3 unspecified atom stereocenters. The van der Waals surface area contributed by atoms with Crippen LogP contribution in [0.5, 0.6) is 0 Å². The summed E-state index contributed by atoms with van der Waals surface area (Å²) in [4.78, 5) is 22.8. The smallest absolute Gasteiger partial charge is 0.387 e. The highest BCUT2D eigenvalue weighted by atomic mass is 31.2. The van der Waals surface area contributed by atoms with Crippen molar-refractivity contribution in [3.8, 4) is 0 Å². The quantitative estimate of drug-likeness (QED) is 0.0329. The zero-order valence-corrected chi connectivity index (χ0v) is 29.5. The first kappa shape index (κ1) is 42.5. The van der Waals surface area contributed by atoms with Crippen molar-refractivity contribution in [1.82, 2.24) is 5.32 Å². The van der Waals surface area contributed by atoms with Crippen LogP contribution in [0.3, 0.4) is 0 Å². The van der Waals surface area contributed by atoms with E-state index in [-0.39, 0.29) is 19.1 Å². The van der Waals surface area contributed by atoms with E-state index in [2.05, 4.69) is 42.6 Å². The fourth-order valence-electron chi connectivity index (χ4n) is 4.31. The second-order valence-electron chi connectivity index (χ2n) is 12.5. The van der Waals surface area contributed by atoms with Crippen LogP contribution in [0, 0.1) is 0 Å². The largest absolute Gasteiger partial charge is 0.472 e. The summed E-state index contributed by atoms with van der Waals surface area (Å²) in [5.41, 5.74) is 0. The number of allylic oxidation sites excluding steroid dienone is 7. The van der Waals surface area contributed by atoms with Gasteiger partial charge < -0.3 is 19.8 Å². The first-order valence-corrected chi connectivity index (χ1v) is 18.5. The lowest BCUT2D eigenvalue weighted by atomic mass is 10.1. The van der Waals surface area contributed by atoms with E-state index in [4.69, 9.17) is 9.05 Å². The Morgan fingerprint density at radius 2 is 1.34 bits per heavy atom. The predicted molar refractivity (Wildman–Crippen MR) is 184 cm³/mol. The molecule has 0 spiro atoms. The number of hydrogen-bond donors (Lipinski definition) is 3. The number of rotatable bonds is 29. The van der Waals surface area contributed by atoms with Crippen molar-refractivity contribution in [2.75, 3.05) is 40.9 Å². The van der Waals surface area contributed by atoms with Crippen LogP contribution in [0.1, 0.15) is 117 Å². The molecule has 0 bridgehead atoms. The molecule has 256 valence electrons. The van der Waals surface area contributed by atoms with Crippen LogP contribution in [-0.4, -0.2) is 73.4 Å². The Morgan fingerprint density at radius 1 is 0.795 bits per heavy atom. The van der Waals surface area contributed by atoms with Crippen LogP contribution >= 0.6 is 7.82 Å². The molecule has 3 atom stereocenters. The van der Waals surface area contributed by atoms with E-state index in [1.165, 1.54) is 38.5 Å². The maximum Gasteiger partial charge on any atom is 0.472 e. The minimum Gasteiger partial charge on any atom is -0.387 e. The molecular formula is C35H66N2O6P+. The number of hydrogen-bond acceptors (Lipinski definition) is 5. The highest BCUT2D eigenvalue weighted by Gasteiger charge is 2.27. The number of quaternary nitrogens is 1. The maximum atomic E-state index is 12.7. The fraction of sp³-hybridized carbons (Fsp3) is 0.743. The van der Waals surface area contributed by atoms with Crippen molar-refractivity contribution >= 4 is 13.7 Å². The molecule has 0 aromatic carbocycles. The number of carbonyl (C=O) groups is 1. The summed E-state index contributed by atoms with van der Waals surface area (Å²) in [5.74, 6) is -0.208. The summed E-state index contributed by atoms with van der Waals surface area (Å²) in [6, 6.07) is -0.869. The second-order valence-corrected chi connectivity index (χ2v) is 14.0. The summed E-state index contributed by atoms with van der Waals surface area (Å²) in [5, 5.41) is 13.6. The molecule has 0 aliphatic heterocycles. The van der Waals surface area contributed by atoms with Crippen LogP contribution in [0.15, 0.2) is 48.6 Å². The van der Waals surface area contributed by atoms with Crippen molar-refractivity contribution in [2.45, 2.75) is 129 Å². The van der Waals surface area contributed by atoms with Gasteiger partial charge in [-0.3, -0.25) is 13.8 Å². The topological polar surface area (TPSA) is 105 Å². The highest BCUT2D eigenvalue weighted by molar-refractivity contribution is 7.47. The van der Waals surface area contributed by atoms with E-state index >= 15 is 0 Å². The molecule has 0 rings (SSSR count). The van der Waals surface area contributed by atoms with Gasteiger partial charge in [-0.2, -0.15) is 0 Å². The molecule has 0 aromatic heterocycles. The van der Waals surface area contributed by atoms with Gasteiger partial charge in [0.05, 0.1) is 39.9 Å². The highest BCUT2D eigenvalue weighted by Crippen LogP contribution is 2.43. The molecular weight excluding hydrogens is 575 g/mol. The normalized spacial score (nSPS) is 15.5. The maximum absolute atomic E-state index is 12.7. The standard InChI is InChI=1S/C35H65N2O6P/c1-6-8-10-12-14-16-17-18-19-21-23-25-27-29-35(39)36-33(32-43-44(40,41)42-31-30-37(3,4)5)34(38)28-26-24-22-20-15-13-11-9-7-2/h7,9,15-17,20,26,28,33-34,38H,6,8,10-14,18-19,21-25,27,29-32H2,1-5H3,(H-,36,39,40,41)/p+1/b9-7+,17-16-,20-15+,28-26+. The molecule has 8 nitrogen and oxygen atoms in total. The first-order valence-electron chi connectivity index (χ1n) is 17.0. The number of phosphoric acid groups is 1. The second kappa shape index (κ2) is 27.7. The average Bonchev–Trinajstić information content (AvgIpc) is 2.95. The van der Waals surface area contributed by atoms with E-state index in [1.807, 2.05) is 40.2 Å². The predicted octanol–water partition coefficient (Wildman–Crippen LogP) is 8.18. The monoisotopic (exact) mass is 641 g/mol. The van der Waals surface area contributed by atoms with E-state index in [1.54, 1.807) is 6.08 Å². The summed E-state index contributed by atoms with van der Waals surface area (Å²) in [6.45, 7) is 4.48. The van der Waals surface area contributed by atoms with Gasteiger partial charge in [0, 0.05) is 6.42 Å². The molecule has 9 heteroatoms. The van der Waals surface area contributed by atoms with Crippen LogP contribution in [0.4, 0.5) is 0 Å². The summed E-state index contributed by atoms with van der Waals surface area (Å²) in [6.07, 6.45) is 32.0. The number of aliphatic hydroxyl groups is 1. The molecule has 0 fully saturated rings. The zero-order chi connectivity index (χ0) is 32.9. The van der Waals surface area contributed by atoms with Crippen LogP contribution in [0.25, 0.3) is 0 Å². The number of likely N-dealkylation sites (N-methyl/N-ethyl adjacent to an activating group) is 1. The zero-order valence-electron chi connectivity index (χ0n) is 28.6. The van der Waals surface area contributed by atoms with Gasteiger partial charge in [0.2, 0.25) is 5.91 Å². The number of phosphoric ester groups is 1. The SMILES string of the molecule is C/C=C/CC/C=C/CC/C=C/C(O)C(COP(=O)(O)OCC[N+](C)(C)C)NC(=O)CCCCCCC/C=C\CCCCCC. The Balaban J connectivity index is 4.65. The average molecular weight is 642 g/mol.